The molecular weight excluding hydrogens is 137 g/mol. The Bertz CT molecular complexity index is 101. The van der Waals surface area contributed by atoms with Gasteiger partial charge in [-0.3, -0.25) is 0 Å². The SMILES string of the molecule is O[C@@H](P)[C@@]1(O)CCNC1. The third-order valence-electron chi connectivity index (χ3n) is 1.72. The number of hydrogen-bond donors (Lipinski definition) is 3. The summed E-state index contributed by atoms with van der Waals surface area (Å²) in [4.78, 5) is 0. The zero-order valence-corrected chi connectivity index (χ0v) is 6.33. The lowest BCUT2D eigenvalue weighted by atomic mass is 10.1. The molecule has 0 bridgehead atoms. The number of aliphatic hydroxyl groups excluding tert-OH is 1. The van der Waals surface area contributed by atoms with Gasteiger partial charge in [0.25, 0.3) is 0 Å². The maximum Gasteiger partial charge on any atom is 0.107 e. The van der Waals surface area contributed by atoms with Crippen molar-refractivity contribution in [2.75, 3.05) is 13.1 Å². The lowest BCUT2D eigenvalue weighted by molar-refractivity contribution is -0.0160. The van der Waals surface area contributed by atoms with Crippen LogP contribution in [0, 0.1) is 0 Å². The van der Waals surface area contributed by atoms with E-state index in [0.717, 1.165) is 6.54 Å². The predicted molar refractivity (Wildman–Crippen MR) is 38.2 cm³/mol. The first kappa shape index (κ1) is 7.42. The highest BCUT2D eigenvalue weighted by Gasteiger charge is 2.35. The van der Waals surface area contributed by atoms with Crippen LogP contribution in [0.25, 0.3) is 0 Å². The maximum absolute atomic E-state index is 9.44. The van der Waals surface area contributed by atoms with Crippen molar-refractivity contribution >= 4 is 9.24 Å². The van der Waals surface area contributed by atoms with Crippen LogP contribution in [-0.2, 0) is 0 Å². The van der Waals surface area contributed by atoms with Crippen LogP contribution in [0.1, 0.15) is 6.42 Å². The molecule has 1 heterocycles. The average Bonchev–Trinajstić information content (AvgIpc) is 2.16. The van der Waals surface area contributed by atoms with E-state index >= 15 is 0 Å². The zero-order valence-electron chi connectivity index (χ0n) is 5.17. The van der Waals surface area contributed by atoms with Crippen molar-refractivity contribution in [3.8, 4) is 0 Å². The highest BCUT2D eigenvalue weighted by Crippen LogP contribution is 2.22. The van der Waals surface area contributed by atoms with Crippen molar-refractivity contribution < 1.29 is 10.2 Å². The van der Waals surface area contributed by atoms with Gasteiger partial charge in [0.2, 0.25) is 0 Å². The van der Waals surface area contributed by atoms with Crippen LogP contribution in [0.5, 0.6) is 0 Å². The van der Waals surface area contributed by atoms with E-state index in [-0.39, 0.29) is 0 Å². The Morgan fingerprint density at radius 3 is 2.56 bits per heavy atom. The van der Waals surface area contributed by atoms with Crippen LogP contribution < -0.4 is 5.32 Å². The summed E-state index contributed by atoms with van der Waals surface area (Å²) in [5, 5.41) is 21.4. The summed E-state index contributed by atoms with van der Waals surface area (Å²) in [5.74, 6) is -0.701. The van der Waals surface area contributed by atoms with Gasteiger partial charge in [0.1, 0.15) is 5.60 Å². The van der Waals surface area contributed by atoms with Crippen molar-refractivity contribution in [1.29, 1.82) is 0 Å². The predicted octanol–water partition coefficient (Wildman–Crippen LogP) is -1.10. The molecule has 54 valence electrons. The van der Waals surface area contributed by atoms with E-state index in [2.05, 4.69) is 14.6 Å². The van der Waals surface area contributed by atoms with Crippen LogP contribution in [0.15, 0.2) is 0 Å². The molecule has 4 heteroatoms. The summed E-state index contributed by atoms with van der Waals surface area (Å²) in [6.45, 7) is 1.29. The molecule has 1 saturated heterocycles. The molecule has 9 heavy (non-hydrogen) atoms. The van der Waals surface area contributed by atoms with E-state index in [1.807, 2.05) is 0 Å². The van der Waals surface area contributed by atoms with Gasteiger partial charge in [0.05, 0.1) is 5.85 Å². The Kier molecular flexibility index (Phi) is 2.07. The number of hydrogen-bond acceptors (Lipinski definition) is 3. The summed E-state index contributed by atoms with van der Waals surface area (Å²) in [6.07, 6.45) is 0.637. The van der Waals surface area contributed by atoms with Gasteiger partial charge in [-0.15, -0.1) is 9.24 Å². The summed E-state index contributed by atoms with van der Waals surface area (Å²) in [5.41, 5.74) is -0.898. The van der Waals surface area contributed by atoms with E-state index in [1.165, 1.54) is 0 Å². The van der Waals surface area contributed by atoms with Crippen LogP contribution in [0.3, 0.4) is 0 Å². The number of β-amino-alcohol motifs (C(OH)–C–C–N with tert-alkyl or cyclic N) is 1. The minimum Gasteiger partial charge on any atom is -0.386 e. The second kappa shape index (κ2) is 2.51. The van der Waals surface area contributed by atoms with Crippen LogP contribution in [-0.4, -0.2) is 34.7 Å². The summed E-state index contributed by atoms with van der Waals surface area (Å²) < 4.78 is 0. The van der Waals surface area contributed by atoms with Crippen molar-refractivity contribution in [3.05, 3.63) is 0 Å². The van der Waals surface area contributed by atoms with E-state index in [1.54, 1.807) is 0 Å². The summed E-state index contributed by atoms with van der Waals surface area (Å²) in [6, 6.07) is 0. The van der Waals surface area contributed by atoms with Gasteiger partial charge in [0, 0.05) is 6.54 Å². The van der Waals surface area contributed by atoms with E-state index in [0.29, 0.717) is 13.0 Å². The minimum atomic E-state index is -0.898. The van der Waals surface area contributed by atoms with Gasteiger partial charge in [-0.25, -0.2) is 0 Å². The molecule has 0 aromatic heterocycles. The second-order valence-corrected chi connectivity index (χ2v) is 3.11. The van der Waals surface area contributed by atoms with Crippen molar-refractivity contribution in [1.82, 2.24) is 5.32 Å². The van der Waals surface area contributed by atoms with E-state index < -0.39 is 11.4 Å². The molecule has 1 aliphatic rings. The lowest BCUT2D eigenvalue weighted by Crippen LogP contribution is -2.40. The molecule has 0 saturated carbocycles. The Morgan fingerprint density at radius 2 is 2.33 bits per heavy atom. The molecule has 0 spiro atoms. The standard InChI is InChI=1S/C5H12NO2P/c7-4(9)5(8)1-2-6-3-5/h4,6-8H,1-3,9H2/t4-,5+/m0/s1. The monoisotopic (exact) mass is 149 g/mol. The number of rotatable bonds is 1. The molecule has 0 radical (unpaired) electrons. The van der Waals surface area contributed by atoms with E-state index in [4.69, 9.17) is 5.11 Å². The topological polar surface area (TPSA) is 52.5 Å². The number of aliphatic hydroxyl groups is 2. The van der Waals surface area contributed by atoms with Gasteiger partial charge >= 0.3 is 0 Å². The summed E-state index contributed by atoms with van der Waals surface area (Å²) >= 11 is 0. The molecular formula is C5H12NO2P. The molecule has 0 aromatic carbocycles. The largest absolute Gasteiger partial charge is 0.386 e. The fourth-order valence-corrected chi connectivity index (χ4v) is 1.24. The molecule has 3 N–H and O–H groups in total. The van der Waals surface area contributed by atoms with Gasteiger partial charge in [-0.2, -0.15) is 0 Å². The first-order chi connectivity index (χ1) is 4.15. The molecule has 1 rings (SSSR count). The molecule has 1 fully saturated rings. The van der Waals surface area contributed by atoms with Crippen molar-refractivity contribution in [2.45, 2.75) is 17.9 Å². The average molecular weight is 149 g/mol. The fraction of sp³-hybridized carbons (Fsp3) is 1.00. The van der Waals surface area contributed by atoms with Crippen LogP contribution in [0.2, 0.25) is 0 Å². The lowest BCUT2D eigenvalue weighted by Gasteiger charge is -2.23. The zero-order chi connectivity index (χ0) is 6.91. The Labute approximate surface area is 56.7 Å². The molecule has 0 amide bonds. The molecule has 3 atom stereocenters. The molecule has 0 aromatic rings. The second-order valence-electron chi connectivity index (χ2n) is 2.48. The third kappa shape index (κ3) is 1.41. The van der Waals surface area contributed by atoms with Crippen molar-refractivity contribution in [3.63, 3.8) is 0 Å². The minimum absolute atomic E-state index is 0.498. The maximum atomic E-state index is 9.44. The quantitative estimate of drug-likeness (QED) is 0.415. The highest BCUT2D eigenvalue weighted by atomic mass is 31.0. The van der Waals surface area contributed by atoms with Crippen LogP contribution >= 0.6 is 9.24 Å². The molecule has 1 aliphatic heterocycles. The molecule has 3 nitrogen and oxygen atoms in total. The number of nitrogens with one attached hydrogen (secondary N) is 1. The van der Waals surface area contributed by atoms with Gasteiger partial charge in [0.15, 0.2) is 0 Å². The van der Waals surface area contributed by atoms with E-state index in [9.17, 15) is 5.11 Å². The molecule has 1 unspecified atom stereocenters. The summed E-state index contributed by atoms with van der Waals surface area (Å²) in [7, 11) is 2.20. The smallest absolute Gasteiger partial charge is 0.107 e. The third-order valence-corrected chi connectivity index (χ3v) is 2.34. The Hall–Kier alpha value is 0.310. The van der Waals surface area contributed by atoms with Gasteiger partial charge in [-0.1, -0.05) is 0 Å². The van der Waals surface area contributed by atoms with Gasteiger partial charge < -0.3 is 15.5 Å². The molecule has 0 aliphatic carbocycles. The first-order valence-electron chi connectivity index (χ1n) is 3.02. The van der Waals surface area contributed by atoms with Crippen molar-refractivity contribution in [2.24, 2.45) is 0 Å². The normalized spacial score (nSPS) is 39.0. The van der Waals surface area contributed by atoms with Gasteiger partial charge in [-0.05, 0) is 13.0 Å². The Morgan fingerprint density at radius 1 is 1.67 bits per heavy atom. The fourth-order valence-electron chi connectivity index (χ4n) is 0.951. The first-order valence-corrected chi connectivity index (χ1v) is 3.68. The highest BCUT2D eigenvalue weighted by molar-refractivity contribution is 7.17. The Balaban J connectivity index is 2.51. The van der Waals surface area contributed by atoms with Crippen LogP contribution in [0.4, 0.5) is 0 Å².